The van der Waals surface area contributed by atoms with E-state index >= 15 is 0 Å². The lowest BCUT2D eigenvalue weighted by atomic mass is 10.0. The van der Waals surface area contributed by atoms with Gasteiger partial charge in [0.2, 0.25) is 5.91 Å². The number of carbonyl (C=O) groups excluding carboxylic acids is 1. The van der Waals surface area contributed by atoms with Crippen LogP contribution in [0.3, 0.4) is 0 Å². The van der Waals surface area contributed by atoms with E-state index in [4.69, 9.17) is 23.2 Å². The molecule has 2 atom stereocenters. The standard InChI is InChI=1S/C15H18Cl2N2O/c16-11-6-5-10(9-12(11)17)14-4-2-8-19(14)15(20)13-3-1-7-18-13/h5-6,9,13-14,18H,1-4,7-8H2. The third kappa shape index (κ3) is 2.67. The predicted octanol–water partition coefficient (Wildman–Crippen LogP) is 3.41. The second-order valence-corrected chi connectivity index (χ2v) is 6.33. The minimum absolute atomic E-state index is 0.00151. The number of hydrogen-bond acceptors (Lipinski definition) is 2. The van der Waals surface area contributed by atoms with Crippen molar-refractivity contribution in [2.45, 2.75) is 37.8 Å². The van der Waals surface area contributed by atoms with Crippen molar-refractivity contribution in [1.82, 2.24) is 10.2 Å². The molecule has 5 heteroatoms. The molecule has 0 bridgehead atoms. The number of likely N-dealkylation sites (tertiary alicyclic amines) is 1. The Morgan fingerprint density at radius 3 is 2.75 bits per heavy atom. The van der Waals surface area contributed by atoms with Gasteiger partial charge in [0, 0.05) is 6.54 Å². The number of benzene rings is 1. The molecule has 2 aliphatic rings. The Kier molecular flexibility index (Phi) is 4.20. The second-order valence-electron chi connectivity index (χ2n) is 5.51. The topological polar surface area (TPSA) is 32.3 Å². The van der Waals surface area contributed by atoms with Crippen LogP contribution in [0.25, 0.3) is 0 Å². The molecule has 3 rings (SSSR count). The van der Waals surface area contributed by atoms with E-state index in [0.29, 0.717) is 10.0 Å². The van der Waals surface area contributed by atoms with E-state index < -0.39 is 0 Å². The van der Waals surface area contributed by atoms with Crippen LogP contribution in [0.5, 0.6) is 0 Å². The fraction of sp³-hybridized carbons (Fsp3) is 0.533. The maximum atomic E-state index is 12.6. The van der Waals surface area contributed by atoms with E-state index in [2.05, 4.69) is 5.32 Å². The van der Waals surface area contributed by atoms with Crippen molar-refractivity contribution >= 4 is 29.1 Å². The van der Waals surface area contributed by atoms with Gasteiger partial charge in [0.05, 0.1) is 22.1 Å². The highest BCUT2D eigenvalue weighted by molar-refractivity contribution is 6.42. The number of halogens is 2. The molecular formula is C15H18Cl2N2O. The molecule has 0 aromatic heterocycles. The van der Waals surface area contributed by atoms with E-state index in [-0.39, 0.29) is 18.0 Å². The lowest BCUT2D eigenvalue weighted by Crippen LogP contribution is -2.43. The largest absolute Gasteiger partial charge is 0.334 e. The van der Waals surface area contributed by atoms with Crippen molar-refractivity contribution < 1.29 is 4.79 Å². The van der Waals surface area contributed by atoms with Gasteiger partial charge in [0.15, 0.2) is 0 Å². The monoisotopic (exact) mass is 312 g/mol. The zero-order valence-corrected chi connectivity index (χ0v) is 12.8. The summed E-state index contributed by atoms with van der Waals surface area (Å²) in [6, 6.07) is 5.82. The predicted molar refractivity (Wildman–Crippen MR) is 81.2 cm³/mol. The number of rotatable bonds is 2. The lowest BCUT2D eigenvalue weighted by Gasteiger charge is -2.28. The van der Waals surface area contributed by atoms with Crippen LogP contribution < -0.4 is 5.32 Å². The summed E-state index contributed by atoms with van der Waals surface area (Å²) in [5.74, 6) is 0.232. The third-order valence-electron chi connectivity index (χ3n) is 4.22. The smallest absolute Gasteiger partial charge is 0.240 e. The van der Waals surface area contributed by atoms with Crippen molar-refractivity contribution in [1.29, 1.82) is 0 Å². The van der Waals surface area contributed by atoms with Crippen LogP contribution in [0.1, 0.15) is 37.3 Å². The van der Waals surface area contributed by atoms with Gasteiger partial charge in [-0.2, -0.15) is 0 Å². The molecule has 1 aromatic rings. The number of amides is 1. The summed E-state index contributed by atoms with van der Waals surface area (Å²) in [7, 11) is 0. The van der Waals surface area contributed by atoms with Crippen molar-refractivity contribution in [3.63, 3.8) is 0 Å². The molecule has 20 heavy (non-hydrogen) atoms. The van der Waals surface area contributed by atoms with E-state index in [1.807, 2.05) is 23.1 Å². The van der Waals surface area contributed by atoms with Crippen LogP contribution in [0.4, 0.5) is 0 Å². The summed E-state index contributed by atoms with van der Waals surface area (Å²) in [4.78, 5) is 14.6. The van der Waals surface area contributed by atoms with Gasteiger partial charge in [0.25, 0.3) is 0 Å². The zero-order chi connectivity index (χ0) is 14.1. The van der Waals surface area contributed by atoms with Gasteiger partial charge in [-0.3, -0.25) is 4.79 Å². The zero-order valence-electron chi connectivity index (χ0n) is 11.2. The van der Waals surface area contributed by atoms with Crippen molar-refractivity contribution in [3.05, 3.63) is 33.8 Å². The number of hydrogen-bond donors (Lipinski definition) is 1. The molecule has 0 saturated carbocycles. The molecule has 2 unspecified atom stereocenters. The lowest BCUT2D eigenvalue weighted by molar-refractivity contribution is -0.134. The quantitative estimate of drug-likeness (QED) is 0.907. The van der Waals surface area contributed by atoms with Gasteiger partial charge in [0.1, 0.15) is 0 Å². The summed E-state index contributed by atoms with van der Waals surface area (Å²) in [6.07, 6.45) is 4.07. The van der Waals surface area contributed by atoms with Crippen molar-refractivity contribution in [2.75, 3.05) is 13.1 Å². The SMILES string of the molecule is O=C(C1CCCN1)N1CCCC1c1ccc(Cl)c(Cl)c1. The fourth-order valence-electron chi connectivity index (χ4n) is 3.19. The molecule has 108 valence electrons. The van der Waals surface area contributed by atoms with Crippen molar-refractivity contribution in [2.24, 2.45) is 0 Å². The van der Waals surface area contributed by atoms with E-state index in [1.54, 1.807) is 0 Å². The van der Waals surface area contributed by atoms with Crippen LogP contribution >= 0.6 is 23.2 Å². The molecule has 2 heterocycles. The molecule has 3 nitrogen and oxygen atoms in total. The van der Waals surface area contributed by atoms with Crippen LogP contribution in [0, 0.1) is 0 Å². The van der Waals surface area contributed by atoms with Gasteiger partial charge in [-0.05, 0) is 49.9 Å². The molecule has 1 amide bonds. The van der Waals surface area contributed by atoms with Gasteiger partial charge in [-0.15, -0.1) is 0 Å². The third-order valence-corrected chi connectivity index (χ3v) is 4.96. The normalized spacial score (nSPS) is 26.2. The highest BCUT2D eigenvalue weighted by Crippen LogP contribution is 2.35. The van der Waals surface area contributed by atoms with Crippen LogP contribution in [-0.2, 0) is 4.79 Å². The Morgan fingerprint density at radius 2 is 2.05 bits per heavy atom. The molecule has 0 radical (unpaired) electrons. The Morgan fingerprint density at radius 1 is 1.20 bits per heavy atom. The van der Waals surface area contributed by atoms with Gasteiger partial charge < -0.3 is 10.2 Å². The summed E-state index contributed by atoms with van der Waals surface area (Å²) < 4.78 is 0. The minimum Gasteiger partial charge on any atom is -0.334 e. The van der Waals surface area contributed by atoms with Gasteiger partial charge in [-0.25, -0.2) is 0 Å². The number of nitrogens with zero attached hydrogens (tertiary/aromatic N) is 1. The van der Waals surface area contributed by atoms with Gasteiger partial charge in [-0.1, -0.05) is 29.3 Å². The molecule has 1 aromatic carbocycles. The minimum atomic E-state index is -0.00151. The second kappa shape index (κ2) is 5.92. The Balaban J connectivity index is 1.80. The van der Waals surface area contributed by atoms with Crippen LogP contribution in [0.2, 0.25) is 10.0 Å². The Labute approximate surface area is 129 Å². The summed E-state index contributed by atoms with van der Waals surface area (Å²) >= 11 is 12.1. The summed E-state index contributed by atoms with van der Waals surface area (Å²) in [6.45, 7) is 1.78. The fourth-order valence-corrected chi connectivity index (χ4v) is 3.50. The highest BCUT2D eigenvalue weighted by Gasteiger charge is 2.35. The van der Waals surface area contributed by atoms with Crippen LogP contribution in [-0.4, -0.2) is 29.9 Å². The van der Waals surface area contributed by atoms with E-state index in [0.717, 1.165) is 44.3 Å². The summed E-state index contributed by atoms with van der Waals surface area (Å²) in [5.41, 5.74) is 1.09. The average Bonchev–Trinajstić information content (AvgIpc) is 3.11. The molecule has 1 N–H and O–H groups in total. The Bertz CT molecular complexity index is 515. The maximum absolute atomic E-state index is 12.6. The molecule has 0 spiro atoms. The molecule has 2 fully saturated rings. The first-order chi connectivity index (χ1) is 9.66. The molecular weight excluding hydrogens is 295 g/mol. The maximum Gasteiger partial charge on any atom is 0.240 e. The first kappa shape index (κ1) is 14.2. The van der Waals surface area contributed by atoms with Gasteiger partial charge >= 0.3 is 0 Å². The Hall–Kier alpha value is -0.770. The average molecular weight is 313 g/mol. The van der Waals surface area contributed by atoms with Crippen LogP contribution in [0.15, 0.2) is 18.2 Å². The molecule has 0 aliphatic carbocycles. The molecule has 2 saturated heterocycles. The number of nitrogens with one attached hydrogen (secondary N) is 1. The van der Waals surface area contributed by atoms with E-state index in [9.17, 15) is 4.79 Å². The summed E-state index contributed by atoms with van der Waals surface area (Å²) in [5, 5.41) is 4.40. The first-order valence-corrected chi connectivity index (χ1v) is 7.91. The highest BCUT2D eigenvalue weighted by atomic mass is 35.5. The number of carbonyl (C=O) groups is 1. The van der Waals surface area contributed by atoms with Crippen molar-refractivity contribution in [3.8, 4) is 0 Å². The molecule has 2 aliphatic heterocycles. The van der Waals surface area contributed by atoms with E-state index in [1.165, 1.54) is 0 Å². The first-order valence-electron chi connectivity index (χ1n) is 7.15.